The fraction of sp³-hybridized carbons (Fsp3) is 0.350. The minimum Gasteiger partial charge on any atom is -0.497 e. The van der Waals surface area contributed by atoms with Crippen molar-refractivity contribution in [1.29, 1.82) is 0 Å². The van der Waals surface area contributed by atoms with E-state index < -0.39 is 0 Å². The summed E-state index contributed by atoms with van der Waals surface area (Å²) >= 11 is 0. The van der Waals surface area contributed by atoms with Crippen LogP contribution < -0.4 is 9.47 Å². The highest BCUT2D eigenvalue weighted by Gasteiger charge is 2.17. The van der Waals surface area contributed by atoms with Crippen LogP contribution in [-0.2, 0) is 9.53 Å². The molecule has 0 aliphatic heterocycles. The number of nitrogens with zero attached hydrogens (tertiary/aromatic N) is 2. The van der Waals surface area contributed by atoms with Gasteiger partial charge in [0, 0.05) is 24.5 Å². The number of rotatable bonds is 10. The maximum Gasteiger partial charge on any atom is 0.307 e. The summed E-state index contributed by atoms with van der Waals surface area (Å²) in [4.78, 5) is 29.9. The molecular weight excluding hydrogens is 348 g/mol. The van der Waals surface area contributed by atoms with Gasteiger partial charge in [0.1, 0.15) is 18.1 Å². The van der Waals surface area contributed by atoms with E-state index in [0.29, 0.717) is 31.1 Å². The third kappa shape index (κ3) is 6.62. The van der Waals surface area contributed by atoms with E-state index in [4.69, 9.17) is 14.2 Å². The summed E-state index contributed by atoms with van der Waals surface area (Å²) in [6, 6.07) is 10.5. The highest BCUT2D eigenvalue weighted by atomic mass is 16.5. The highest BCUT2D eigenvalue weighted by molar-refractivity contribution is 5.94. The Hall–Kier alpha value is -3.09. The summed E-state index contributed by atoms with van der Waals surface area (Å²) in [5, 5.41) is 0. The molecule has 0 saturated carbocycles. The average molecular weight is 372 g/mol. The van der Waals surface area contributed by atoms with Crippen LogP contribution in [0.2, 0.25) is 0 Å². The molecule has 7 heteroatoms. The maximum absolute atomic E-state index is 12.7. The number of esters is 1. The fourth-order valence-corrected chi connectivity index (χ4v) is 2.40. The van der Waals surface area contributed by atoms with Crippen LogP contribution in [0.4, 0.5) is 0 Å². The topological polar surface area (TPSA) is 78.0 Å². The molecule has 2 aromatic rings. The molecule has 0 spiro atoms. The van der Waals surface area contributed by atoms with Gasteiger partial charge in [-0.25, -0.2) is 0 Å². The van der Waals surface area contributed by atoms with E-state index in [1.807, 2.05) is 0 Å². The molecule has 0 aliphatic carbocycles. The predicted molar refractivity (Wildman–Crippen MR) is 99.9 cm³/mol. The Morgan fingerprint density at radius 3 is 2.30 bits per heavy atom. The largest absolute Gasteiger partial charge is 0.497 e. The lowest BCUT2D eigenvalue weighted by Crippen LogP contribution is -2.36. The molecule has 2 rings (SSSR count). The van der Waals surface area contributed by atoms with Crippen molar-refractivity contribution in [3.63, 3.8) is 0 Å². The first kappa shape index (κ1) is 20.2. The van der Waals surface area contributed by atoms with E-state index in [-0.39, 0.29) is 24.8 Å². The Kier molecular flexibility index (Phi) is 8.09. The minimum absolute atomic E-state index is 0.132. The second-order valence-corrected chi connectivity index (χ2v) is 5.61. The summed E-state index contributed by atoms with van der Waals surface area (Å²) in [5.41, 5.74) is 0.512. The van der Waals surface area contributed by atoms with Gasteiger partial charge in [-0.15, -0.1) is 0 Å². The first-order valence-electron chi connectivity index (χ1n) is 8.75. The van der Waals surface area contributed by atoms with Crippen LogP contribution in [0.5, 0.6) is 11.5 Å². The standard InChI is InChI=1S/C20H24N2O5/c1-3-26-19(23)10-13-22(20(24)16-8-11-21-12-9-16)14-15-27-18-6-4-17(25-2)5-7-18/h4-9,11-12H,3,10,13-15H2,1-2H3. The van der Waals surface area contributed by atoms with Gasteiger partial charge in [-0.2, -0.15) is 0 Å². The zero-order valence-corrected chi connectivity index (χ0v) is 15.6. The number of carbonyl (C=O) groups excluding carboxylic acids is 2. The first-order valence-corrected chi connectivity index (χ1v) is 8.75. The number of hydrogen-bond donors (Lipinski definition) is 0. The van der Waals surface area contributed by atoms with Crippen molar-refractivity contribution < 1.29 is 23.8 Å². The van der Waals surface area contributed by atoms with Crippen LogP contribution in [0.3, 0.4) is 0 Å². The number of amides is 1. The quantitative estimate of drug-likeness (QED) is 0.597. The first-order chi connectivity index (χ1) is 13.1. The summed E-state index contributed by atoms with van der Waals surface area (Å²) in [7, 11) is 1.60. The van der Waals surface area contributed by atoms with Gasteiger partial charge in [0.25, 0.3) is 5.91 Å². The van der Waals surface area contributed by atoms with Gasteiger partial charge < -0.3 is 19.1 Å². The maximum atomic E-state index is 12.7. The van der Waals surface area contributed by atoms with Gasteiger partial charge in [-0.3, -0.25) is 14.6 Å². The van der Waals surface area contributed by atoms with Crippen LogP contribution in [-0.4, -0.2) is 55.2 Å². The van der Waals surface area contributed by atoms with E-state index >= 15 is 0 Å². The van der Waals surface area contributed by atoms with Crippen molar-refractivity contribution in [3.8, 4) is 11.5 Å². The SMILES string of the molecule is CCOC(=O)CCN(CCOc1ccc(OC)cc1)C(=O)c1ccncc1. The van der Waals surface area contributed by atoms with Gasteiger partial charge in [-0.1, -0.05) is 0 Å². The smallest absolute Gasteiger partial charge is 0.307 e. The highest BCUT2D eigenvalue weighted by Crippen LogP contribution is 2.17. The van der Waals surface area contributed by atoms with E-state index in [9.17, 15) is 9.59 Å². The number of methoxy groups -OCH3 is 1. The molecule has 1 heterocycles. The van der Waals surface area contributed by atoms with E-state index in [0.717, 1.165) is 5.75 Å². The summed E-state index contributed by atoms with van der Waals surface area (Å²) in [5.74, 6) is 0.907. The van der Waals surface area contributed by atoms with Crippen molar-refractivity contribution in [2.24, 2.45) is 0 Å². The van der Waals surface area contributed by atoms with Gasteiger partial charge in [0.15, 0.2) is 0 Å². The van der Waals surface area contributed by atoms with E-state index in [1.54, 1.807) is 67.7 Å². The Labute approximate surface area is 158 Å². The predicted octanol–water partition coefficient (Wildman–Crippen LogP) is 2.56. The summed E-state index contributed by atoms with van der Waals surface area (Å²) < 4.78 is 15.8. The van der Waals surface area contributed by atoms with Crippen molar-refractivity contribution in [2.45, 2.75) is 13.3 Å². The van der Waals surface area contributed by atoms with E-state index in [1.165, 1.54) is 0 Å². The average Bonchev–Trinajstić information content (AvgIpc) is 2.71. The molecule has 1 aromatic heterocycles. The number of ether oxygens (including phenoxy) is 3. The van der Waals surface area contributed by atoms with E-state index in [2.05, 4.69) is 4.98 Å². The molecule has 144 valence electrons. The van der Waals surface area contributed by atoms with Crippen LogP contribution >= 0.6 is 0 Å². The number of pyridine rings is 1. The Morgan fingerprint density at radius 2 is 1.67 bits per heavy atom. The van der Waals surface area contributed by atoms with Crippen molar-refractivity contribution in [3.05, 3.63) is 54.4 Å². The molecule has 7 nitrogen and oxygen atoms in total. The zero-order chi connectivity index (χ0) is 19.5. The van der Waals surface area contributed by atoms with Gasteiger partial charge in [0.05, 0.1) is 26.7 Å². The Morgan fingerprint density at radius 1 is 1.00 bits per heavy atom. The second kappa shape index (κ2) is 10.8. The second-order valence-electron chi connectivity index (χ2n) is 5.61. The molecule has 1 aromatic carbocycles. The fourth-order valence-electron chi connectivity index (χ4n) is 2.40. The third-order valence-electron chi connectivity index (χ3n) is 3.80. The van der Waals surface area contributed by atoms with Crippen LogP contribution in [0.1, 0.15) is 23.7 Å². The lowest BCUT2D eigenvalue weighted by atomic mass is 10.2. The van der Waals surface area contributed by atoms with Crippen LogP contribution in [0, 0.1) is 0 Å². The molecule has 0 N–H and O–H groups in total. The van der Waals surface area contributed by atoms with Crippen LogP contribution in [0.25, 0.3) is 0 Å². The van der Waals surface area contributed by atoms with Crippen LogP contribution in [0.15, 0.2) is 48.8 Å². The molecule has 27 heavy (non-hydrogen) atoms. The normalized spacial score (nSPS) is 10.1. The molecule has 1 amide bonds. The Balaban J connectivity index is 1.95. The molecule has 0 atom stereocenters. The number of aromatic nitrogens is 1. The number of benzene rings is 1. The number of hydrogen-bond acceptors (Lipinski definition) is 6. The van der Waals surface area contributed by atoms with Gasteiger partial charge in [-0.05, 0) is 43.3 Å². The lowest BCUT2D eigenvalue weighted by molar-refractivity contribution is -0.143. The molecule has 0 radical (unpaired) electrons. The number of carbonyl (C=O) groups is 2. The Bertz CT molecular complexity index is 719. The third-order valence-corrected chi connectivity index (χ3v) is 3.80. The van der Waals surface area contributed by atoms with Crippen molar-refractivity contribution in [2.75, 3.05) is 33.4 Å². The molecule has 0 fully saturated rings. The minimum atomic E-state index is -0.332. The monoisotopic (exact) mass is 372 g/mol. The van der Waals surface area contributed by atoms with Crippen molar-refractivity contribution in [1.82, 2.24) is 9.88 Å². The molecule has 0 aliphatic rings. The molecule has 0 unspecified atom stereocenters. The zero-order valence-electron chi connectivity index (χ0n) is 15.6. The molecule has 0 bridgehead atoms. The van der Waals surface area contributed by atoms with Crippen molar-refractivity contribution >= 4 is 11.9 Å². The lowest BCUT2D eigenvalue weighted by Gasteiger charge is -2.22. The summed E-state index contributed by atoms with van der Waals surface area (Å²) in [6.07, 6.45) is 3.25. The molecular formula is C20H24N2O5. The summed E-state index contributed by atoms with van der Waals surface area (Å²) in [6.45, 7) is 2.96. The van der Waals surface area contributed by atoms with Gasteiger partial charge in [0.2, 0.25) is 0 Å². The van der Waals surface area contributed by atoms with Gasteiger partial charge >= 0.3 is 5.97 Å². The molecule has 0 saturated heterocycles.